The van der Waals surface area contributed by atoms with E-state index in [4.69, 9.17) is 0 Å². The number of urea groups is 1. The number of anilines is 1. The summed E-state index contributed by atoms with van der Waals surface area (Å²) in [6, 6.07) is 13.4. The highest BCUT2D eigenvalue weighted by atomic mass is 32.2. The van der Waals surface area contributed by atoms with Crippen LogP contribution in [0.5, 0.6) is 0 Å². The smallest absolute Gasteiger partial charge is 0.369 e. The highest BCUT2D eigenvalue weighted by molar-refractivity contribution is 7.92. The van der Waals surface area contributed by atoms with Crippen molar-refractivity contribution >= 4 is 21.6 Å². The lowest BCUT2D eigenvalue weighted by Gasteiger charge is -2.34. The van der Waals surface area contributed by atoms with Gasteiger partial charge >= 0.3 is 18.4 Å². The topological polar surface area (TPSA) is 86.7 Å². The zero-order valence-electron chi connectivity index (χ0n) is 20.3. The van der Waals surface area contributed by atoms with Crippen LogP contribution in [0.25, 0.3) is 0 Å². The monoisotopic (exact) mass is 590 g/mol. The Morgan fingerprint density at radius 2 is 1.40 bits per heavy atom. The van der Waals surface area contributed by atoms with Gasteiger partial charge in [-0.05, 0) is 48.4 Å². The van der Waals surface area contributed by atoms with E-state index in [1.165, 1.54) is 0 Å². The van der Waals surface area contributed by atoms with Crippen molar-refractivity contribution in [1.82, 2.24) is 4.90 Å². The molecular formula is C26H21F7N2O4S. The third-order valence-electron chi connectivity index (χ3n) is 6.83. The van der Waals surface area contributed by atoms with E-state index in [9.17, 15) is 49.1 Å². The van der Waals surface area contributed by atoms with Crippen molar-refractivity contribution in [2.45, 2.75) is 34.0 Å². The first-order valence-electron chi connectivity index (χ1n) is 11.6. The number of sulfone groups is 1. The highest BCUT2D eigenvalue weighted by Crippen LogP contribution is 2.51. The Hall–Kier alpha value is -3.65. The Morgan fingerprint density at radius 3 is 1.93 bits per heavy atom. The second kappa shape index (κ2) is 10.1. The number of nitrogens with one attached hydrogen (secondary N) is 1. The van der Waals surface area contributed by atoms with Crippen LogP contribution in [0.4, 0.5) is 41.2 Å². The van der Waals surface area contributed by atoms with E-state index in [1.807, 2.05) is 0 Å². The molecule has 0 aromatic heterocycles. The molecule has 6 nitrogen and oxygen atoms in total. The minimum atomic E-state index is -6.13. The Labute approximate surface area is 224 Å². The molecule has 1 heterocycles. The molecule has 2 N–H and O–H groups in total. The van der Waals surface area contributed by atoms with Gasteiger partial charge in [0.05, 0.1) is 4.90 Å². The number of halogens is 7. The Bertz CT molecular complexity index is 1460. The minimum Gasteiger partial charge on any atom is -0.369 e. The SMILES string of the molecule is O=C(Nc1ccccc1)N1CCC(c2ccc(C(O)(C(F)(F)F)C(F)(F)F)cc2)(S(=O)(=O)c2ccc(F)cc2)C1. The summed E-state index contributed by atoms with van der Waals surface area (Å²) in [6.07, 6.45) is -12.5. The van der Waals surface area contributed by atoms with E-state index >= 15 is 0 Å². The van der Waals surface area contributed by atoms with Crippen molar-refractivity contribution in [1.29, 1.82) is 0 Å². The molecular weight excluding hydrogens is 569 g/mol. The molecule has 40 heavy (non-hydrogen) atoms. The lowest BCUT2D eigenvalue weighted by atomic mass is 9.89. The fraction of sp³-hybridized carbons (Fsp3) is 0.269. The van der Waals surface area contributed by atoms with E-state index in [-0.39, 0.29) is 23.4 Å². The van der Waals surface area contributed by atoms with E-state index in [0.717, 1.165) is 41.3 Å². The summed E-state index contributed by atoms with van der Waals surface area (Å²) in [4.78, 5) is 13.7. The van der Waals surface area contributed by atoms with E-state index in [1.54, 1.807) is 30.3 Å². The van der Waals surface area contributed by atoms with Crippen LogP contribution in [0.1, 0.15) is 17.5 Å². The van der Waals surface area contributed by atoms with Crippen LogP contribution < -0.4 is 5.32 Å². The molecule has 1 aliphatic rings. The first kappa shape index (κ1) is 29.3. The number of para-hydroxylation sites is 1. The third kappa shape index (κ3) is 4.89. The molecule has 214 valence electrons. The van der Waals surface area contributed by atoms with Crippen LogP contribution in [0.3, 0.4) is 0 Å². The van der Waals surface area contributed by atoms with Crippen LogP contribution in [-0.4, -0.2) is 49.9 Å². The van der Waals surface area contributed by atoms with Gasteiger partial charge in [0.15, 0.2) is 9.84 Å². The second-order valence-electron chi connectivity index (χ2n) is 9.20. The van der Waals surface area contributed by atoms with Crippen molar-refractivity contribution in [2.24, 2.45) is 0 Å². The summed E-state index contributed by atoms with van der Waals surface area (Å²) in [5, 5.41) is 12.3. The van der Waals surface area contributed by atoms with Crippen LogP contribution in [0.2, 0.25) is 0 Å². The summed E-state index contributed by atoms with van der Waals surface area (Å²) < 4.78 is 120. The van der Waals surface area contributed by atoms with Gasteiger partial charge in [-0.15, -0.1) is 0 Å². The summed E-state index contributed by atoms with van der Waals surface area (Å²) in [7, 11) is -4.51. The molecule has 1 fully saturated rings. The lowest BCUT2D eigenvalue weighted by Crippen LogP contribution is -2.54. The van der Waals surface area contributed by atoms with Crippen LogP contribution in [0.15, 0.2) is 83.8 Å². The van der Waals surface area contributed by atoms with Crippen LogP contribution in [-0.2, 0) is 20.2 Å². The van der Waals surface area contributed by atoms with E-state index < -0.39 is 56.5 Å². The molecule has 4 rings (SSSR count). The predicted octanol–water partition coefficient (Wildman–Crippen LogP) is 5.74. The number of hydrogen-bond donors (Lipinski definition) is 2. The van der Waals surface area contributed by atoms with Crippen molar-refractivity contribution in [3.05, 3.63) is 95.8 Å². The molecule has 2 amide bonds. The van der Waals surface area contributed by atoms with Gasteiger partial charge in [0.1, 0.15) is 10.6 Å². The number of hydrogen-bond acceptors (Lipinski definition) is 4. The van der Waals surface area contributed by atoms with Gasteiger partial charge in [-0.3, -0.25) is 0 Å². The number of benzene rings is 3. The van der Waals surface area contributed by atoms with Gasteiger partial charge in [0.2, 0.25) is 0 Å². The number of likely N-dealkylation sites (tertiary alicyclic amines) is 1. The van der Waals surface area contributed by atoms with E-state index in [2.05, 4.69) is 5.32 Å². The molecule has 3 aromatic carbocycles. The lowest BCUT2D eigenvalue weighted by molar-refractivity contribution is -0.376. The van der Waals surface area contributed by atoms with Gasteiger partial charge in [-0.1, -0.05) is 42.5 Å². The van der Waals surface area contributed by atoms with Crippen molar-refractivity contribution in [3.63, 3.8) is 0 Å². The average Bonchev–Trinajstić information content (AvgIpc) is 3.36. The zero-order valence-corrected chi connectivity index (χ0v) is 21.1. The minimum absolute atomic E-state index is 0.143. The van der Waals surface area contributed by atoms with Crippen molar-refractivity contribution < 1.29 is 49.1 Å². The number of carbonyl (C=O) groups excluding carboxylic acids is 1. The van der Waals surface area contributed by atoms with Crippen molar-refractivity contribution in [2.75, 3.05) is 18.4 Å². The van der Waals surface area contributed by atoms with Gasteiger partial charge in [-0.2, -0.15) is 26.3 Å². The molecule has 0 bridgehead atoms. The molecule has 14 heteroatoms. The van der Waals surface area contributed by atoms with E-state index in [0.29, 0.717) is 17.8 Å². The normalized spacial score (nSPS) is 18.6. The summed E-state index contributed by atoms with van der Waals surface area (Å²) >= 11 is 0. The standard InChI is InChI=1S/C26H21F7N2O4S/c27-19-10-12-21(13-11-19)40(38,39)23(14-15-35(16-23)22(36)34-20-4-2-1-3-5-20)17-6-8-18(9-7-17)24(37,25(28,29)30)26(31,32)33/h1-13,37H,14-16H2,(H,34,36). The molecule has 1 saturated heterocycles. The second-order valence-corrected chi connectivity index (χ2v) is 11.5. The summed E-state index contributed by atoms with van der Waals surface area (Å²) in [5.41, 5.74) is -6.60. The van der Waals surface area contributed by atoms with Gasteiger partial charge in [0, 0.05) is 24.3 Å². The number of alkyl halides is 6. The molecule has 0 saturated carbocycles. The van der Waals surface area contributed by atoms with Gasteiger partial charge in [0.25, 0.3) is 5.60 Å². The Balaban J connectivity index is 1.79. The predicted molar refractivity (Wildman–Crippen MR) is 129 cm³/mol. The Kier molecular flexibility index (Phi) is 7.39. The Morgan fingerprint density at radius 1 is 0.850 bits per heavy atom. The van der Waals surface area contributed by atoms with Crippen molar-refractivity contribution in [3.8, 4) is 0 Å². The molecule has 0 radical (unpaired) electrons. The summed E-state index contributed by atoms with van der Waals surface area (Å²) in [5.74, 6) is -0.744. The molecule has 0 spiro atoms. The maximum absolute atomic E-state index is 13.9. The fourth-order valence-electron chi connectivity index (χ4n) is 4.63. The number of amides is 2. The number of nitrogens with zero attached hydrogens (tertiary/aromatic N) is 1. The molecule has 0 aliphatic carbocycles. The number of aliphatic hydroxyl groups is 1. The molecule has 3 aromatic rings. The quantitative estimate of drug-likeness (QED) is 0.293. The molecule has 1 aliphatic heterocycles. The molecule has 1 atom stereocenters. The van der Waals surface area contributed by atoms with Gasteiger partial charge in [-0.25, -0.2) is 17.6 Å². The molecule has 1 unspecified atom stereocenters. The largest absolute Gasteiger partial charge is 0.430 e. The first-order valence-corrected chi connectivity index (χ1v) is 13.1. The number of carbonyl (C=O) groups is 1. The zero-order chi connectivity index (χ0) is 29.6. The first-order chi connectivity index (χ1) is 18.5. The fourth-order valence-corrected chi connectivity index (χ4v) is 6.71. The maximum atomic E-state index is 13.9. The van der Waals surface area contributed by atoms with Crippen LogP contribution >= 0.6 is 0 Å². The van der Waals surface area contributed by atoms with Crippen LogP contribution in [0, 0.1) is 5.82 Å². The highest BCUT2D eigenvalue weighted by Gasteiger charge is 2.71. The maximum Gasteiger partial charge on any atom is 0.430 e. The summed E-state index contributed by atoms with van der Waals surface area (Å²) in [6.45, 7) is -0.663. The van der Waals surface area contributed by atoms with Gasteiger partial charge < -0.3 is 15.3 Å². The third-order valence-corrected chi connectivity index (χ3v) is 9.32. The number of rotatable bonds is 5. The average molecular weight is 591 g/mol.